The fourth-order valence-corrected chi connectivity index (χ4v) is 2.87. The minimum atomic E-state index is -0.281. The molecule has 1 aliphatic rings. The van der Waals surface area contributed by atoms with Crippen LogP contribution < -0.4 is 10.9 Å². The Morgan fingerprint density at radius 2 is 1.81 bits per heavy atom. The lowest BCUT2D eigenvalue weighted by molar-refractivity contribution is -0.118. The molecule has 0 radical (unpaired) electrons. The third-order valence-electron chi connectivity index (χ3n) is 4.23. The van der Waals surface area contributed by atoms with Crippen LogP contribution in [0.15, 0.2) is 64.6 Å². The van der Waals surface area contributed by atoms with Crippen LogP contribution in [0.25, 0.3) is 11.8 Å². The molecule has 0 fully saturated rings. The summed E-state index contributed by atoms with van der Waals surface area (Å²) in [5.41, 5.74) is 2.86. The molecule has 1 aromatic carbocycles. The van der Waals surface area contributed by atoms with Gasteiger partial charge in [0.2, 0.25) is 5.91 Å². The smallest absolute Gasteiger partial charge is 0.278 e. The average Bonchev–Trinajstić information content (AvgIpc) is 2.81. The van der Waals surface area contributed by atoms with Crippen molar-refractivity contribution in [2.75, 3.05) is 0 Å². The van der Waals surface area contributed by atoms with Gasteiger partial charge in [-0.15, -0.1) is 0 Å². The first-order chi connectivity index (χ1) is 12.4. The normalized spacial score (nSPS) is 15.3. The first kappa shape index (κ1) is 17.4. The van der Waals surface area contributed by atoms with E-state index < -0.39 is 0 Å². The summed E-state index contributed by atoms with van der Waals surface area (Å²) in [6.45, 7) is 3.23. The molecule has 2 aromatic rings. The monoisotopic (exact) mass is 349 g/mol. The van der Waals surface area contributed by atoms with Gasteiger partial charge in [-0.3, -0.25) is 19.1 Å². The van der Waals surface area contributed by atoms with Gasteiger partial charge in [-0.05, 0) is 42.9 Å². The van der Waals surface area contributed by atoms with E-state index >= 15 is 0 Å². The molecule has 26 heavy (non-hydrogen) atoms. The lowest BCUT2D eigenvalue weighted by atomic mass is 10.0. The number of hydrogen-bond donors (Lipinski definition) is 1. The first-order valence-corrected chi connectivity index (χ1v) is 8.16. The largest absolute Gasteiger partial charge is 0.326 e. The number of allylic oxidation sites excluding steroid dienone is 3. The minimum Gasteiger partial charge on any atom is -0.326 e. The molecule has 0 aliphatic heterocycles. The molecule has 6 nitrogen and oxygen atoms in total. The van der Waals surface area contributed by atoms with Crippen LogP contribution in [0, 0.1) is 6.92 Å². The van der Waals surface area contributed by atoms with Crippen molar-refractivity contribution in [3.8, 4) is 5.69 Å². The fraction of sp³-hybridized carbons (Fsp3) is 0.150. The van der Waals surface area contributed by atoms with Crippen molar-refractivity contribution in [1.82, 2.24) is 14.7 Å². The van der Waals surface area contributed by atoms with Gasteiger partial charge in [-0.25, -0.2) is 4.68 Å². The number of carbonyl (C=O) groups excluding carboxylic acids is 2. The van der Waals surface area contributed by atoms with Crippen LogP contribution in [0.3, 0.4) is 0 Å². The van der Waals surface area contributed by atoms with E-state index in [0.717, 1.165) is 11.4 Å². The van der Waals surface area contributed by atoms with Gasteiger partial charge >= 0.3 is 0 Å². The molecule has 132 valence electrons. The Labute approximate surface area is 150 Å². The summed E-state index contributed by atoms with van der Waals surface area (Å²) in [6.07, 6.45) is 6.06. The van der Waals surface area contributed by atoms with Gasteiger partial charge in [-0.1, -0.05) is 18.2 Å². The molecule has 1 aromatic heterocycles. The highest BCUT2D eigenvalue weighted by atomic mass is 16.1. The van der Waals surface area contributed by atoms with E-state index in [9.17, 15) is 14.4 Å². The molecule has 1 heterocycles. The minimum absolute atomic E-state index is 0.170. The van der Waals surface area contributed by atoms with E-state index in [0.29, 0.717) is 16.8 Å². The standard InChI is InChI=1S/C20H19N3O3/c1-13-18(11-15-9-10-17(25)12-19(15)21-14(2)24)20(26)23(22(13)3)16-7-5-4-6-8-16/h4-12H,1-3H3,(H,21,24). The van der Waals surface area contributed by atoms with Gasteiger partial charge < -0.3 is 5.32 Å². The van der Waals surface area contributed by atoms with Crippen molar-refractivity contribution in [2.45, 2.75) is 13.8 Å². The predicted octanol–water partition coefficient (Wildman–Crippen LogP) is 2.03. The number of nitrogens with one attached hydrogen (secondary N) is 1. The van der Waals surface area contributed by atoms with E-state index in [1.807, 2.05) is 44.3 Å². The second kappa shape index (κ2) is 6.84. The van der Waals surface area contributed by atoms with Gasteiger partial charge in [0.05, 0.1) is 16.9 Å². The molecule has 1 amide bonds. The maximum absolute atomic E-state index is 13.0. The van der Waals surface area contributed by atoms with Crippen molar-refractivity contribution >= 4 is 17.8 Å². The van der Waals surface area contributed by atoms with E-state index in [2.05, 4.69) is 5.32 Å². The zero-order valence-corrected chi connectivity index (χ0v) is 14.8. The third kappa shape index (κ3) is 3.21. The maximum Gasteiger partial charge on any atom is 0.278 e. The molecule has 0 saturated carbocycles. The lowest BCUT2D eigenvalue weighted by Gasteiger charge is -2.12. The van der Waals surface area contributed by atoms with Crippen LogP contribution >= 0.6 is 0 Å². The number of para-hydroxylation sites is 1. The first-order valence-electron chi connectivity index (χ1n) is 8.16. The van der Waals surface area contributed by atoms with E-state index in [1.54, 1.807) is 21.5 Å². The molecule has 1 N–H and O–H groups in total. The molecule has 0 unspecified atom stereocenters. The number of benzene rings is 1. The molecule has 0 spiro atoms. The van der Waals surface area contributed by atoms with Gasteiger partial charge in [-0.2, -0.15) is 0 Å². The van der Waals surface area contributed by atoms with Crippen LogP contribution in [-0.4, -0.2) is 21.1 Å². The average molecular weight is 349 g/mol. The highest BCUT2D eigenvalue weighted by Gasteiger charge is 2.17. The quantitative estimate of drug-likeness (QED) is 0.921. The number of aromatic nitrogens is 2. The molecule has 0 bridgehead atoms. The molecule has 3 rings (SSSR count). The molecule has 1 aliphatic carbocycles. The Morgan fingerprint density at radius 3 is 2.46 bits per heavy atom. The second-order valence-electron chi connectivity index (χ2n) is 6.05. The Kier molecular flexibility index (Phi) is 4.58. The summed E-state index contributed by atoms with van der Waals surface area (Å²) >= 11 is 0. The van der Waals surface area contributed by atoms with Gasteiger partial charge in [0.15, 0.2) is 5.78 Å². The molecule has 0 atom stereocenters. The van der Waals surface area contributed by atoms with Crippen molar-refractivity contribution in [2.24, 2.45) is 7.05 Å². The van der Waals surface area contributed by atoms with Gasteiger partial charge in [0.25, 0.3) is 5.56 Å². The molecule has 6 heteroatoms. The Morgan fingerprint density at radius 1 is 1.12 bits per heavy atom. The van der Waals surface area contributed by atoms with Crippen LogP contribution in [0.4, 0.5) is 0 Å². The number of carbonyl (C=O) groups is 2. The number of rotatable bonds is 3. The molecular formula is C20H19N3O3. The van der Waals surface area contributed by atoms with Gasteiger partial charge in [0, 0.05) is 25.7 Å². The topological polar surface area (TPSA) is 73.1 Å². The Bertz CT molecular complexity index is 1030. The lowest BCUT2D eigenvalue weighted by Crippen LogP contribution is -2.23. The van der Waals surface area contributed by atoms with Crippen molar-refractivity contribution in [1.29, 1.82) is 0 Å². The summed E-state index contributed by atoms with van der Waals surface area (Å²) in [4.78, 5) is 36.0. The SMILES string of the molecule is CC(=O)NC1=CC(=O)C=CC1=Cc1c(C)n(C)n(-c2ccccc2)c1=O. The van der Waals surface area contributed by atoms with E-state index in [-0.39, 0.29) is 17.2 Å². The fourth-order valence-electron chi connectivity index (χ4n) is 2.87. The van der Waals surface area contributed by atoms with Crippen LogP contribution in [0.5, 0.6) is 0 Å². The summed E-state index contributed by atoms with van der Waals surface area (Å²) in [6, 6.07) is 9.35. The summed E-state index contributed by atoms with van der Waals surface area (Å²) in [5, 5.41) is 2.64. The van der Waals surface area contributed by atoms with Crippen LogP contribution in [0.1, 0.15) is 18.2 Å². The van der Waals surface area contributed by atoms with Crippen molar-refractivity contribution in [3.05, 3.63) is 81.4 Å². The van der Waals surface area contributed by atoms with Gasteiger partial charge in [0.1, 0.15) is 0 Å². The van der Waals surface area contributed by atoms with Crippen LogP contribution in [0.2, 0.25) is 0 Å². The highest BCUT2D eigenvalue weighted by molar-refractivity contribution is 6.03. The van der Waals surface area contributed by atoms with Crippen molar-refractivity contribution < 1.29 is 9.59 Å². The van der Waals surface area contributed by atoms with E-state index in [1.165, 1.54) is 19.1 Å². The van der Waals surface area contributed by atoms with E-state index in [4.69, 9.17) is 0 Å². The zero-order chi connectivity index (χ0) is 18.8. The Hall–Kier alpha value is -3.41. The number of amides is 1. The summed E-state index contributed by atoms with van der Waals surface area (Å²) in [5.74, 6) is -0.492. The molecule has 0 saturated heterocycles. The zero-order valence-electron chi connectivity index (χ0n) is 14.8. The second-order valence-corrected chi connectivity index (χ2v) is 6.05. The summed E-state index contributed by atoms with van der Waals surface area (Å²) < 4.78 is 3.37. The number of ketones is 1. The highest BCUT2D eigenvalue weighted by Crippen LogP contribution is 2.19. The maximum atomic E-state index is 13.0. The molecular weight excluding hydrogens is 330 g/mol. The number of nitrogens with zero attached hydrogens (tertiary/aromatic N) is 2. The summed E-state index contributed by atoms with van der Waals surface area (Å²) in [7, 11) is 1.82. The van der Waals surface area contributed by atoms with Crippen LogP contribution in [-0.2, 0) is 16.6 Å². The third-order valence-corrected chi connectivity index (χ3v) is 4.23. The predicted molar refractivity (Wildman–Crippen MR) is 99.8 cm³/mol. The Balaban J connectivity index is 2.13. The number of hydrogen-bond acceptors (Lipinski definition) is 3. The van der Waals surface area contributed by atoms with Crippen molar-refractivity contribution in [3.63, 3.8) is 0 Å².